The summed E-state index contributed by atoms with van der Waals surface area (Å²) in [6.45, 7) is 0. The predicted molar refractivity (Wildman–Crippen MR) is 89.7 cm³/mol. The van der Waals surface area contributed by atoms with Crippen LogP contribution in [0.5, 0.6) is 11.5 Å². The highest BCUT2D eigenvalue weighted by Gasteiger charge is 2.14. The number of para-hydroxylation sites is 2. The van der Waals surface area contributed by atoms with Crippen LogP contribution in [0.4, 0.5) is 0 Å². The molecule has 0 heterocycles. The summed E-state index contributed by atoms with van der Waals surface area (Å²) >= 11 is 0. The highest BCUT2D eigenvalue weighted by atomic mass is 16.5. The molecule has 0 aliphatic heterocycles. The Morgan fingerprint density at radius 1 is 0.739 bits per heavy atom. The number of hydrogen-bond donors (Lipinski definition) is 0. The van der Waals surface area contributed by atoms with Gasteiger partial charge in [0.25, 0.3) is 0 Å². The van der Waals surface area contributed by atoms with Crippen molar-refractivity contribution in [1.29, 1.82) is 0 Å². The fourth-order valence-corrected chi connectivity index (χ4v) is 2.36. The number of benzene rings is 3. The van der Waals surface area contributed by atoms with Gasteiger partial charge in [0.15, 0.2) is 0 Å². The minimum Gasteiger partial charge on any atom is -0.465 e. The van der Waals surface area contributed by atoms with Gasteiger partial charge in [0.1, 0.15) is 17.1 Å². The largest absolute Gasteiger partial charge is 0.465 e. The molecule has 0 unspecified atom stereocenters. The van der Waals surface area contributed by atoms with Gasteiger partial charge in [-0.1, -0.05) is 60.7 Å². The Bertz CT molecular complexity index is 810. The van der Waals surface area contributed by atoms with Crippen molar-refractivity contribution in [2.24, 2.45) is 0 Å². The van der Waals surface area contributed by atoms with Gasteiger partial charge in [0.05, 0.1) is 7.11 Å². The fraction of sp³-hybridized carbons (Fsp3) is 0.0500. The van der Waals surface area contributed by atoms with E-state index in [0.29, 0.717) is 17.1 Å². The van der Waals surface area contributed by atoms with Crippen LogP contribution in [-0.2, 0) is 4.74 Å². The van der Waals surface area contributed by atoms with E-state index in [-0.39, 0.29) is 0 Å². The third-order valence-electron chi connectivity index (χ3n) is 3.48. The van der Waals surface area contributed by atoms with E-state index in [9.17, 15) is 4.79 Å². The van der Waals surface area contributed by atoms with Crippen molar-refractivity contribution < 1.29 is 14.3 Å². The van der Waals surface area contributed by atoms with Crippen LogP contribution < -0.4 is 4.74 Å². The van der Waals surface area contributed by atoms with Crippen molar-refractivity contribution in [1.82, 2.24) is 0 Å². The Balaban J connectivity index is 2.01. The second kappa shape index (κ2) is 6.79. The summed E-state index contributed by atoms with van der Waals surface area (Å²) in [6, 6.07) is 24.8. The number of carbonyl (C=O) groups is 1. The number of methoxy groups -OCH3 is 1. The quantitative estimate of drug-likeness (QED) is 0.641. The number of ether oxygens (including phenoxy) is 2. The lowest BCUT2D eigenvalue weighted by molar-refractivity contribution is 0.0598. The standard InChI is InChI=1S/C20H16O3/c1-22-20(21)17-12-6-8-14-19(17)23-18-13-7-5-11-16(18)15-9-3-2-4-10-15/h2-14H,1H3. The Labute approximate surface area is 135 Å². The van der Waals surface area contributed by atoms with Crippen LogP contribution in [0.1, 0.15) is 10.4 Å². The van der Waals surface area contributed by atoms with Crippen molar-refractivity contribution in [3.63, 3.8) is 0 Å². The fourth-order valence-electron chi connectivity index (χ4n) is 2.36. The molecule has 3 rings (SSSR count). The van der Waals surface area contributed by atoms with Crippen LogP contribution in [0.25, 0.3) is 11.1 Å². The minimum absolute atomic E-state index is 0.401. The molecule has 3 heteroatoms. The molecule has 0 N–H and O–H groups in total. The zero-order valence-corrected chi connectivity index (χ0v) is 12.7. The lowest BCUT2D eigenvalue weighted by Gasteiger charge is -2.13. The van der Waals surface area contributed by atoms with Crippen LogP contribution >= 0.6 is 0 Å². The Morgan fingerprint density at radius 3 is 2.09 bits per heavy atom. The Kier molecular flexibility index (Phi) is 4.39. The predicted octanol–water partition coefficient (Wildman–Crippen LogP) is 4.93. The van der Waals surface area contributed by atoms with E-state index in [4.69, 9.17) is 9.47 Å². The maximum absolute atomic E-state index is 11.9. The first-order valence-corrected chi connectivity index (χ1v) is 7.29. The molecule has 3 aromatic carbocycles. The number of hydrogen-bond acceptors (Lipinski definition) is 3. The van der Waals surface area contributed by atoms with E-state index in [1.54, 1.807) is 18.2 Å². The smallest absolute Gasteiger partial charge is 0.341 e. The van der Waals surface area contributed by atoms with Crippen LogP contribution in [0, 0.1) is 0 Å². The first-order valence-electron chi connectivity index (χ1n) is 7.29. The number of rotatable bonds is 4. The minimum atomic E-state index is -0.419. The third kappa shape index (κ3) is 3.24. The van der Waals surface area contributed by atoms with Crippen LogP contribution in [-0.4, -0.2) is 13.1 Å². The van der Waals surface area contributed by atoms with E-state index >= 15 is 0 Å². The lowest BCUT2D eigenvalue weighted by Crippen LogP contribution is -2.03. The molecule has 0 bridgehead atoms. The molecular weight excluding hydrogens is 288 g/mol. The highest BCUT2D eigenvalue weighted by Crippen LogP contribution is 2.34. The molecule has 3 aromatic rings. The molecule has 0 saturated carbocycles. The van der Waals surface area contributed by atoms with Crippen molar-refractivity contribution in [3.8, 4) is 22.6 Å². The van der Waals surface area contributed by atoms with Crippen molar-refractivity contribution >= 4 is 5.97 Å². The maximum Gasteiger partial charge on any atom is 0.341 e. The first kappa shape index (κ1) is 14.9. The lowest BCUT2D eigenvalue weighted by atomic mass is 10.0. The molecule has 0 saturated heterocycles. The molecule has 0 amide bonds. The molecule has 23 heavy (non-hydrogen) atoms. The molecular formula is C20H16O3. The average Bonchev–Trinajstić information content (AvgIpc) is 2.63. The van der Waals surface area contributed by atoms with Gasteiger partial charge in [-0.3, -0.25) is 0 Å². The van der Waals surface area contributed by atoms with Gasteiger partial charge in [0, 0.05) is 5.56 Å². The molecule has 0 aliphatic rings. The SMILES string of the molecule is COC(=O)c1ccccc1Oc1ccccc1-c1ccccc1. The second-order valence-electron chi connectivity index (χ2n) is 4.95. The summed E-state index contributed by atoms with van der Waals surface area (Å²) in [5.41, 5.74) is 2.42. The van der Waals surface area contributed by atoms with Gasteiger partial charge >= 0.3 is 5.97 Å². The molecule has 114 valence electrons. The van der Waals surface area contributed by atoms with E-state index < -0.39 is 5.97 Å². The first-order chi connectivity index (χ1) is 11.3. The summed E-state index contributed by atoms with van der Waals surface area (Å²) < 4.78 is 10.8. The summed E-state index contributed by atoms with van der Waals surface area (Å²) in [7, 11) is 1.36. The van der Waals surface area contributed by atoms with E-state index in [1.165, 1.54) is 7.11 Å². The Hall–Kier alpha value is -3.07. The van der Waals surface area contributed by atoms with E-state index in [2.05, 4.69) is 0 Å². The zero-order chi connectivity index (χ0) is 16.1. The molecule has 0 radical (unpaired) electrons. The topological polar surface area (TPSA) is 35.5 Å². The molecule has 0 spiro atoms. The van der Waals surface area contributed by atoms with Crippen molar-refractivity contribution in [2.75, 3.05) is 7.11 Å². The molecule has 0 fully saturated rings. The van der Waals surface area contributed by atoms with Crippen molar-refractivity contribution in [2.45, 2.75) is 0 Å². The number of carbonyl (C=O) groups excluding carboxylic acids is 1. The molecule has 0 aliphatic carbocycles. The molecule has 0 aromatic heterocycles. The monoisotopic (exact) mass is 304 g/mol. The number of esters is 1. The molecule has 0 atom stereocenters. The normalized spacial score (nSPS) is 10.1. The average molecular weight is 304 g/mol. The molecule has 3 nitrogen and oxygen atoms in total. The van der Waals surface area contributed by atoms with Crippen LogP contribution in [0.15, 0.2) is 78.9 Å². The second-order valence-corrected chi connectivity index (χ2v) is 4.95. The van der Waals surface area contributed by atoms with Gasteiger partial charge in [-0.05, 0) is 23.8 Å². The van der Waals surface area contributed by atoms with E-state index in [1.807, 2.05) is 60.7 Å². The summed E-state index contributed by atoms with van der Waals surface area (Å²) in [6.07, 6.45) is 0. The summed E-state index contributed by atoms with van der Waals surface area (Å²) in [4.78, 5) is 11.9. The highest BCUT2D eigenvalue weighted by molar-refractivity contribution is 5.92. The van der Waals surface area contributed by atoms with E-state index in [0.717, 1.165) is 11.1 Å². The van der Waals surface area contributed by atoms with Gasteiger partial charge in [-0.15, -0.1) is 0 Å². The van der Waals surface area contributed by atoms with Crippen molar-refractivity contribution in [3.05, 3.63) is 84.4 Å². The maximum atomic E-state index is 11.9. The third-order valence-corrected chi connectivity index (χ3v) is 3.48. The summed E-state index contributed by atoms with van der Waals surface area (Å²) in [5, 5.41) is 0. The van der Waals surface area contributed by atoms with Gasteiger partial charge < -0.3 is 9.47 Å². The van der Waals surface area contributed by atoms with Crippen LogP contribution in [0.2, 0.25) is 0 Å². The van der Waals surface area contributed by atoms with Gasteiger partial charge in [-0.25, -0.2) is 4.79 Å². The zero-order valence-electron chi connectivity index (χ0n) is 12.7. The van der Waals surface area contributed by atoms with Gasteiger partial charge in [-0.2, -0.15) is 0 Å². The van der Waals surface area contributed by atoms with Gasteiger partial charge in [0.2, 0.25) is 0 Å². The Morgan fingerprint density at radius 2 is 1.35 bits per heavy atom. The summed E-state index contributed by atoms with van der Waals surface area (Å²) in [5.74, 6) is 0.746. The van der Waals surface area contributed by atoms with Crippen LogP contribution in [0.3, 0.4) is 0 Å².